The van der Waals surface area contributed by atoms with Gasteiger partial charge >= 0.3 is 5.97 Å². The van der Waals surface area contributed by atoms with E-state index >= 15 is 0 Å². The van der Waals surface area contributed by atoms with Gasteiger partial charge < -0.3 is 45.1 Å². The van der Waals surface area contributed by atoms with Gasteiger partial charge in [-0.2, -0.15) is 0 Å². The predicted molar refractivity (Wildman–Crippen MR) is 315 cm³/mol. The Kier molecular flexibility index (Phi) is 51.4. The average molecular weight is 1070 g/mol. The summed E-state index contributed by atoms with van der Waals surface area (Å²) in [5.74, 6) is -0.244. The molecule has 0 aromatic rings. The fraction of sp³-hybridized carbons (Fsp3) is 0.846. The molecule has 1 aliphatic heterocycles. The summed E-state index contributed by atoms with van der Waals surface area (Å²) in [6.07, 6.45) is 59.7. The van der Waals surface area contributed by atoms with Crippen LogP contribution in [0, 0.1) is 0 Å². The monoisotopic (exact) mass is 1070 g/mol. The summed E-state index contributed by atoms with van der Waals surface area (Å²) in [4.78, 5) is 25.1. The van der Waals surface area contributed by atoms with Crippen LogP contribution in [0.2, 0.25) is 0 Å². The van der Waals surface area contributed by atoms with Gasteiger partial charge in [0.15, 0.2) is 6.29 Å². The van der Waals surface area contributed by atoms with Crippen LogP contribution < -0.4 is 5.32 Å². The molecule has 11 heteroatoms. The van der Waals surface area contributed by atoms with E-state index < -0.39 is 49.5 Å². The lowest BCUT2D eigenvalue weighted by Crippen LogP contribution is -2.60. The maximum atomic E-state index is 13.0. The smallest absolute Gasteiger partial charge is 0.305 e. The molecule has 0 spiro atoms. The Morgan fingerprint density at radius 3 is 1.41 bits per heavy atom. The Balaban J connectivity index is 2.00. The first-order valence-electron chi connectivity index (χ1n) is 31.9. The molecule has 1 saturated heterocycles. The minimum absolute atomic E-state index is 0.0448. The highest BCUT2D eigenvalue weighted by atomic mass is 16.7. The van der Waals surface area contributed by atoms with Gasteiger partial charge in [-0.25, -0.2) is 0 Å². The predicted octanol–water partition coefficient (Wildman–Crippen LogP) is 15.2. The third-order valence-corrected chi connectivity index (χ3v) is 14.9. The fourth-order valence-electron chi connectivity index (χ4n) is 9.88. The van der Waals surface area contributed by atoms with Crippen molar-refractivity contribution in [3.05, 3.63) is 48.6 Å². The fourth-order valence-corrected chi connectivity index (χ4v) is 9.88. The summed E-state index contributed by atoms with van der Waals surface area (Å²) < 4.78 is 16.6. The topological polar surface area (TPSA) is 175 Å². The van der Waals surface area contributed by atoms with Crippen LogP contribution in [0.1, 0.15) is 290 Å². The number of aliphatic hydroxyl groups is 5. The molecule has 1 amide bonds. The number of unbranched alkanes of at least 4 members (excludes halogenated alkanes) is 35. The minimum atomic E-state index is -1.58. The summed E-state index contributed by atoms with van der Waals surface area (Å²) in [6, 6.07) is -0.830. The van der Waals surface area contributed by atoms with Gasteiger partial charge in [-0.15, -0.1) is 0 Å². The standard InChI is InChI=1S/C65H119NO10/c1-3-5-7-9-11-13-14-15-16-17-24-27-30-33-37-41-45-49-53-61(70)74-54-50-46-42-38-34-31-28-25-22-20-18-19-21-23-26-29-32-36-40-44-48-52-60(69)66-57(58(68)51-47-43-39-35-12-10-8-6-4-2)56-75-65-64(73)63(72)62(71)59(55-67)76-65/h12,31,34-35,42,46-47,51,57-59,62-65,67-68,71-73H,3-11,13-30,32-33,36-41,43-45,48-50,52-56H2,1-2H3,(H,66,69)/b34-31-,35-12+,46-42-,51-47+. The van der Waals surface area contributed by atoms with Crippen LogP contribution in [0.15, 0.2) is 48.6 Å². The van der Waals surface area contributed by atoms with Crippen molar-refractivity contribution in [2.45, 2.75) is 333 Å². The largest absolute Gasteiger partial charge is 0.465 e. The molecule has 0 bridgehead atoms. The molecule has 76 heavy (non-hydrogen) atoms. The SMILES string of the molecule is CCCCC/C=C/CC/C=C/C(O)C(COC1OC(CO)C(O)C(O)C1O)NC(=O)CCCCCCCCCCCCCCCC/C=C\C/C=C\CCOC(=O)CCCCCCCCCCCCCCCCCCCC. The van der Waals surface area contributed by atoms with Crippen LogP contribution in [0.3, 0.4) is 0 Å². The Morgan fingerprint density at radius 1 is 0.487 bits per heavy atom. The number of carbonyl (C=O) groups excluding carboxylic acids is 2. The Bertz CT molecular complexity index is 1400. The van der Waals surface area contributed by atoms with E-state index in [1.807, 2.05) is 6.08 Å². The third-order valence-electron chi connectivity index (χ3n) is 14.9. The highest BCUT2D eigenvalue weighted by molar-refractivity contribution is 5.76. The molecule has 0 aromatic carbocycles. The van der Waals surface area contributed by atoms with Gasteiger partial charge in [0.2, 0.25) is 5.91 Å². The molecule has 1 heterocycles. The second-order valence-electron chi connectivity index (χ2n) is 22.1. The summed E-state index contributed by atoms with van der Waals surface area (Å²) in [5.41, 5.74) is 0. The molecule has 444 valence electrons. The first-order valence-corrected chi connectivity index (χ1v) is 31.9. The molecule has 11 nitrogen and oxygen atoms in total. The highest BCUT2D eigenvalue weighted by Crippen LogP contribution is 2.23. The van der Waals surface area contributed by atoms with Crippen molar-refractivity contribution in [3.63, 3.8) is 0 Å². The number of hydrogen-bond donors (Lipinski definition) is 6. The maximum Gasteiger partial charge on any atom is 0.305 e. The number of nitrogens with one attached hydrogen (secondary N) is 1. The van der Waals surface area contributed by atoms with Crippen LogP contribution >= 0.6 is 0 Å². The number of carbonyl (C=O) groups is 2. The highest BCUT2D eigenvalue weighted by Gasteiger charge is 2.44. The van der Waals surface area contributed by atoms with Crippen LogP contribution in [0.5, 0.6) is 0 Å². The molecular formula is C65H119NO10. The Hall–Kier alpha value is -2.38. The summed E-state index contributed by atoms with van der Waals surface area (Å²) in [5, 5.41) is 54.2. The van der Waals surface area contributed by atoms with Crippen molar-refractivity contribution in [3.8, 4) is 0 Å². The van der Waals surface area contributed by atoms with Crippen molar-refractivity contribution in [1.29, 1.82) is 0 Å². The van der Waals surface area contributed by atoms with E-state index in [1.54, 1.807) is 6.08 Å². The second kappa shape index (κ2) is 54.6. The number of aliphatic hydroxyl groups excluding tert-OH is 5. The van der Waals surface area contributed by atoms with Crippen LogP contribution in [0.4, 0.5) is 0 Å². The van der Waals surface area contributed by atoms with Crippen molar-refractivity contribution < 1.29 is 49.3 Å². The van der Waals surface area contributed by atoms with E-state index in [-0.39, 0.29) is 18.5 Å². The quantitative estimate of drug-likeness (QED) is 0.0195. The maximum absolute atomic E-state index is 13.0. The molecule has 0 aromatic heterocycles. The minimum Gasteiger partial charge on any atom is -0.465 e. The van der Waals surface area contributed by atoms with Gasteiger partial charge in [-0.1, -0.05) is 262 Å². The molecule has 0 saturated carbocycles. The third kappa shape index (κ3) is 43.5. The van der Waals surface area contributed by atoms with E-state index in [0.29, 0.717) is 19.4 Å². The van der Waals surface area contributed by atoms with Crippen molar-refractivity contribution >= 4 is 11.9 Å². The van der Waals surface area contributed by atoms with Crippen molar-refractivity contribution in [1.82, 2.24) is 5.32 Å². The molecule has 7 atom stereocenters. The van der Waals surface area contributed by atoms with Gasteiger partial charge in [0.1, 0.15) is 24.4 Å². The Labute approximate surface area is 466 Å². The van der Waals surface area contributed by atoms with Crippen LogP contribution in [-0.2, 0) is 23.8 Å². The molecule has 1 aliphatic rings. The van der Waals surface area contributed by atoms with E-state index in [4.69, 9.17) is 14.2 Å². The van der Waals surface area contributed by atoms with Crippen molar-refractivity contribution in [2.75, 3.05) is 19.8 Å². The number of allylic oxidation sites excluding steroid dienone is 6. The van der Waals surface area contributed by atoms with Crippen LogP contribution in [0.25, 0.3) is 0 Å². The number of esters is 1. The van der Waals surface area contributed by atoms with Gasteiger partial charge in [0, 0.05) is 12.8 Å². The van der Waals surface area contributed by atoms with Gasteiger partial charge in [0.05, 0.1) is 32.0 Å². The van der Waals surface area contributed by atoms with Crippen LogP contribution in [-0.4, -0.2) is 100 Å². The summed E-state index contributed by atoms with van der Waals surface area (Å²) in [6.45, 7) is 4.17. The summed E-state index contributed by atoms with van der Waals surface area (Å²) >= 11 is 0. The normalized spacial score (nSPS) is 19.0. The Morgan fingerprint density at radius 2 is 0.895 bits per heavy atom. The van der Waals surface area contributed by atoms with Crippen molar-refractivity contribution in [2.24, 2.45) is 0 Å². The number of hydrogen-bond acceptors (Lipinski definition) is 10. The number of ether oxygens (including phenoxy) is 3. The van der Waals surface area contributed by atoms with E-state index in [1.165, 1.54) is 186 Å². The molecule has 6 N–H and O–H groups in total. The lowest BCUT2D eigenvalue weighted by Gasteiger charge is -2.40. The zero-order valence-corrected chi connectivity index (χ0v) is 49.0. The lowest BCUT2D eigenvalue weighted by atomic mass is 9.99. The average Bonchev–Trinajstić information content (AvgIpc) is 3.42. The van der Waals surface area contributed by atoms with E-state index in [9.17, 15) is 35.1 Å². The molecule has 0 radical (unpaired) electrons. The van der Waals surface area contributed by atoms with E-state index in [0.717, 1.165) is 77.0 Å². The van der Waals surface area contributed by atoms with Gasteiger partial charge in [-0.3, -0.25) is 9.59 Å². The number of rotatable bonds is 55. The van der Waals surface area contributed by atoms with Gasteiger partial charge in [0.25, 0.3) is 0 Å². The second-order valence-corrected chi connectivity index (χ2v) is 22.1. The zero-order chi connectivity index (χ0) is 55.2. The summed E-state index contributed by atoms with van der Waals surface area (Å²) in [7, 11) is 0. The molecular weight excluding hydrogens is 955 g/mol. The zero-order valence-electron chi connectivity index (χ0n) is 49.0. The molecule has 0 aliphatic carbocycles. The first kappa shape index (κ1) is 71.6. The first-order chi connectivity index (χ1) is 37.2. The lowest BCUT2D eigenvalue weighted by molar-refractivity contribution is -0.302. The molecule has 7 unspecified atom stereocenters. The molecule has 1 fully saturated rings. The molecule has 1 rings (SSSR count). The van der Waals surface area contributed by atoms with Gasteiger partial charge in [-0.05, 0) is 64.2 Å². The van der Waals surface area contributed by atoms with E-state index in [2.05, 4.69) is 55.6 Å². The number of amides is 1.